The number of methoxy groups -OCH3 is 1. The zero-order valence-electron chi connectivity index (χ0n) is 12.0. The van der Waals surface area contributed by atoms with Crippen LogP contribution >= 0.6 is 12.2 Å². The molecule has 0 radical (unpaired) electrons. The molecule has 0 spiro atoms. The highest BCUT2D eigenvalue weighted by molar-refractivity contribution is 7.80. The van der Waals surface area contributed by atoms with Gasteiger partial charge in [0.2, 0.25) is 0 Å². The number of ether oxygens (including phenoxy) is 1. The number of nitrogens with one attached hydrogen (secondary N) is 1. The molecule has 0 aliphatic rings. The summed E-state index contributed by atoms with van der Waals surface area (Å²) < 4.78 is 5.22. The lowest BCUT2D eigenvalue weighted by molar-refractivity contribution is 0.415. The summed E-state index contributed by atoms with van der Waals surface area (Å²) in [5.74, 6) is 1.58. The van der Waals surface area contributed by atoms with Crippen LogP contribution in [0.25, 0.3) is 0 Å². The first-order valence-electron chi connectivity index (χ1n) is 6.76. The summed E-state index contributed by atoms with van der Waals surface area (Å²) >= 11 is 5.06. The van der Waals surface area contributed by atoms with E-state index in [9.17, 15) is 0 Å². The highest BCUT2D eigenvalue weighted by Crippen LogP contribution is 2.22. The second kappa shape index (κ2) is 8.00. The highest BCUT2D eigenvalue weighted by Gasteiger charge is 2.06. The third kappa shape index (κ3) is 5.47. The maximum atomic E-state index is 5.73. The highest BCUT2D eigenvalue weighted by atomic mass is 32.1. The average Bonchev–Trinajstić information content (AvgIpc) is 2.37. The molecule has 0 bridgehead atoms. The fourth-order valence-electron chi connectivity index (χ4n) is 1.91. The van der Waals surface area contributed by atoms with Crippen molar-refractivity contribution in [2.75, 3.05) is 19.0 Å². The Kier molecular flexibility index (Phi) is 6.64. The number of hydrogen-bond acceptors (Lipinski definition) is 3. The van der Waals surface area contributed by atoms with Gasteiger partial charge in [-0.2, -0.15) is 0 Å². The van der Waals surface area contributed by atoms with Crippen LogP contribution in [0.3, 0.4) is 0 Å². The number of thiocarbonyl (C=S) groups is 1. The Morgan fingerprint density at radius 1 is 1.37 bits per heavy atom. The van der Waals surface area contributed by atoms with Gasteiger partial charge in [0.1, 0.15) is 10.7 Å². The van der Waals surface area contributed by atoms with Crippen LogP contribution < -0.4 is 15.8 Å². The molecule has 3 N–H and O–H groups in total. The number of rotatable bonds is 8. The van der Waals surface area contributed by atoms with Gasteiger partial charge in [0.15, 0.2) is 0 Å². The van der Waals surface area contributed by atoms with Crippen LogP contribution in [0.2, 0.25) is 0 Å². The van der Waals surface area contributed by atoms with E-state index in [1.165, 1.54) is 12.8 Å². The van der Waals surface area contributed by atoms with Gasteiger partial charge in [0, 0.05) is 23.9 Å². The van der Waals surface area contributed by atoms with E-state index in [4.69, 9.17) is 22.7 Å². The Balaban J connectivity index is 2.57. The fraction of sp³-hybridized carbons (Fsp3) is 0.533. The standard InChI is InChI=1S/C15H24N2OS/c1-11(2)6-4-5-9-17-14-10-12(18-3)7-8-13(14)15(16)19/h7-8,10-11,17H,4-6,9H2,1-3H3,(H2,16,19). The molecule has 0 aliphatic heterocycles. The summed E-state index contributed by atoms with van der Waals surface area (Å²) in [6, 6.07) is 5.72. The van der Waals surface area contributed by atoms with Gasteiger partial charge >= 0.3 is 0 Å². The minimum atomic E-state index is 0.410. The monoisotopic (exact) mass is 280 g/mol. The molecule has 3 nitrogen and oxygen atoms in total. The number of anilines is 1. The van der Waals surface area contributed by atoms with E-state index in [0.717, 1.165) is 35.9 Å². The maximum Gasteiger partial charge on any atom is 0.120 e. The summed E-state index contributed by atoms with van der Waals surface area (Å²) in [5, 5.41) is 3.40. The molecule has 1 rings (SSSR count). The van der Waals surface area contributed by atoms with E-state index in [-0.39, 0.29) is 0 Å². The molecule has 0 fully saturated rings. The van der Waals surface area contributed by atoms with Gasteiger partial charge in [-0.3, -0.25) is 0 Å². The lowest BCUT2D eigenvalue weighted by atomic mass is 10.1. The molecule has 0 heterocycles. The van der Waals surface area contributed by atoms with E-state index in [0.29, 0.717) is 4.99 Å². The zero-order chi connectivity index (χ0) is 14.3. The van der Waals surface area contributed by atoms with Crippen molar-refractivity contribution in [3.63, 3.8) is 0 Å². The lowest BCUT2D eigenvalue weighted by Gasteiger charge is -2.13. The van der Waals surface area contributed by atoms with Gasteiger partial charge in [-0.25, -0.2) is 0 Å². The Bertz CT molecular complexity index is 419. The molecule has 1 aromatic rings. The molecule has 1 aromatic carbocycles. The van der Waals surface area contributed by atoms with Crippen LogP contribution in [0.5, 0.6) is 5.75 Å². The van der Waals surface area contributed by atoms with Crippen LogP contribution in [-0.2, 0) is 0 Å². The average molecular weight is 280 g/mol. The van der Waals surface area contributed by atoms with Crippen molar-refractivity contribution in [1.29, 1.82) is 0 Å². The van der Waals surface area contributed by atoms with Gasteiger partial charge < -0.3 is 15.8 Å². The van der Waals surface area contributed by atoms with Crippen molar-refractivity contribution >= 4 is 22.9 Å². The summed E-state index contributed by atoms with van der Waals surface area (Å²) in [6.07, 6.45) is 3.64. The van der Waals surface area contributed by atoms with Crippen molar-refractivity contribution in [3.8, 4) is 5.75 Å². The Labute approximate surface area is 121 Å². The summed E-state index contributed by atoms with van der Waals surface area (Å²) in [6.45, 7) is 5.43. The van der Waals surface area contributed by atoms with Gasteiger partial charge in [0.25, 0.3) is 0 Å². The molecule has 0 atom stereocenters. The molecule has 4 heteroatoms. The molecule has 0 saturated carbocycles. The molecular weight excluding hydrogens is 256 g/mol. The number of unbranched alkanes of at least 4 members (excludes halogenated alkanes) is 1. The molecule has 0 saturated heterocycles. The number of hydrogen-bond donors (Lipinski definition) is 2. The van der Waals surface area contributed by atoms with Crippen molar-refractivity contribution < 1.29 is 4.74 Å². The summed E-state index contributed by atoms with van der Waals surface area (Å²) in [7, 11) is 1.65. The quantitative estimate of drug-likeness (QED) is 0.564. The minimum absolute atomic E-state index is 0.410. The van der Waals surface area contributed by atoms with Gasteiger partial charge in [0.05, 0.1) is 7.11 Å². The lowest BCUT2D eigenvalue weighted by Crippen LogP contribution is -2.14. The summed E-state index contributed by atoms with van der Waals surface area (Å²) in [4.78, 5) is 0.410. The third-order valence-electron chi connectivity index (χ3n) is 3.02. The molecule has 19 heavy (non-hydrogen) atoms. The van der Waals surface area contributed by atoms with Crippen LogP contribution in [0.4, 0.5) is 5.69 Å². The predicted molar refractivity (Wildman–Crippen MR) is 86.1 cm³/mol. The minimum Gasteiger partial charge on any atom is -0.497 e. The van der Waals surface area contributed by atoms with Crippen molar-refractivity contribution in [2.45, 2.75) is 33.1 Å². The number of nitrogens with two attached hydrogens (primary N) is 1. The van der Waals surface area contributed by atoms with E-state index < -0.39 is 0 Å². The molecule has 106 valence electrons. The van der Waals surface area contributed by atoms with Gasteiger partial charge in [-0.1, -0.05) is 38.9 Å². The van der Waals surface area contributed by atoms with E-state index >= 15 is 0 Å². The Morgan fingerprint density at radius 2 is 2.11 bits per heavy atom. The third-order valence-corrected chi connectivity index (χ3v) is 3.24. The maximum absolute atomic E-state index is 5.73. The van der Waals surface area contributed by atoms with E-state index in [1.807, 2.05) is 18.2 Å². The molecule has 0 aliphatic carbocycles. The second-order valence-corrected chi connectivity index (χ2v) is 5.53. The van der Waals surface area contributed by atoms with Crippen LogP contribution in [0.1, 0.15) is 38.7 Å². The van der Waals surface area contributed by atoms with Crippen LogP contribution in [-0.4, -0.2) is 18.6 Å². The predicted octanol–water partition coefficient (Wildman–Crippen LogP) is 3.57. The van der Waals surface area contributed by atoms with Gasteiger partial charge in [-0.05, 0) is 24.5 Å². The topological polar surface area (TPSA) is 47.3 Å². The first kappa shape index (κ1) is 15.8. The van der Waals surface area contributed by atoms with E-state index in [2.05, 4.69) is 19.2 Å². The van der Waals surface area contributed by atoms with Crippen LogP contribution in [0, 0.1) is 5.92 Å². The van der Waals surface area contributed by atoms with Crippen molar-refractivity contribution in [2.24, 2.45) is 11.7 Å². The fourth-order valence-corrected chi connectivity index (χ4v) is 2.09. The first-order chi connectivity index (χ1) is 9.04. The normalized spacial score (nSPS) is 10.5. The van der Waals surface area contributed by atoms with Crippen molar-refractivity contribution in [1.82, 2.24) is 0 Å². The zero-order valence-corrected chi connectivity index (χ0v) is 12.8. The number of benzene rings is 1. The second-order valence-electron chi connectivity index (χ2n) is 5.09. The summed E-state index contributed by atoms with van der Waals surface area (Å²) in [5.41, 5.74) is 7.56. The Hall–Kier alpha value is -1.29. The van der Waals surface area contributed by atoms with E-state index in [1.54, 1.807) is 7.11 Å². The SMILES string of the molecule is COc1ccc(C(N)=S)c(NCCCCC(C)C)c1. The van der Waals surface area contributed by atoms with Crippen molar-refractivity contribution in [3.05, 3.63) is 23.8 Å². The smallest absolute Gasteiger partial charge is 0.120 e. The van der Waals surface area contributed by atoms with Gasteiger partial charge in [-0.15, -0.1) is 0 Å². The molecule has 0 aromatic heterocycles. The molecule has 0 unspecified atom stereocenters. The largest absolute Gasteiger partial charge is 0.497 e. The first-order valence-corrected chi connectivity index (χ1v) is 7.17. The molecule has 0 amide bonds. The van der Waals surface area contributed by atoms with Crippen LogP contribution in [0.15, 0.2) is 18.2 Å². The molecular formula is C15H24N2OS. The Morgan fingerprint density at radius 3 is 2.68 bits per heavy atom.